The van der Waals surface area contributed by atoms with E-state index in [9.17, 15) is 26.5 Å². The monoisotopic (exact) mass is 792 g/mol. The van der Waals surface area contributed by atoms with E-state index in [1.807, 2.05) is 19.1 Å². The number of sulfone groups is 1. The zero-order valence-electron chi connectivity index (χ0n) is 26.8. The van der Waals surface area contributed by atoms with Crippen LogP contribution in [0.15, 0.2) is 92.8 Å². The van der Waals surface area contributed by atoms with Gasteiger partial charge in [0.15, 0.2) is 15.6 Å². The lowest BCUT2D eigenvalue weighted by atomic mass is 10.1. The van der Waals surface area contributed by atoms with Crippen LogP contribution < -0.4 is 16.0 Å². The first-order valence-corrected chi connectivity index (χ1v) is 19.1. The maximum absolute atomic E-state index is 12.6. The fourth-order valence-corrected chi connectivity index (χ4v) is 6.35. The van der Waals surface area contributed by atoms with Crippen molar-refractivity contribution in [2.45, 2.75) is 16.7 Å². The fraction of sp³-hybridized carbons (Fsp3) is 0.167. The minimum absolute atomic E-state index is 0.0127. The normalized spacial score (nSPS) is 11.6. The van der Waals surface area contributed by atoms with E-state index in [0.717, 1.165) is 11.6 Å². The number of benzene rings is 4. The van der Waals surface area contributed by atoms with Gasteiger partial charge in [-0.15, -0.1) is 17.7 Å². The molecule has 0 unspecified atom stereocenters. The topological polar surface area (TPSA) is 280 Å². The van der Waals surface area contributed by atoms with Crippen LogP contribution in [0.4, 0.5) is 34.6 Å². The van der Waals surface area contributed by atoms with Crippen molar-refractivity contribution in [3.63, 3.8) is 0 Å². The summed E-state index contributed by atoms with van der Waals surface area (Å²) in [5.74, 6) is -0.705. The Hall–Kier alpha value is -5.16. The van der Waals surface area contributed by atoms with Gasteiger partial charge in [0, 0.05) is 24.2 Å². The van der Waals surface area contributed by atoms with Crippen LogP contribution in [0.2, 0.25) is 5.28 Å². The molecule has 0 bridgehead atoms. The van der Waals surface area contributed by atoms with Crippen LogP contribution >= 0.6 is 11.6 Å². The zero-order chi connectivity index (χ0) is 38.1. The number of azo groups is 1. The molecule has 5 aromatic rings. The van der Waals surface area contributed by atoms with E-state index >= 15 is 0 Å². The second kappa shape index (κ2) is 17.4. The Kier molecular flexibility index (Phi) is 13.2. The molecule has 0 aliphatic carbocycles. The summed E-state index contributed by atoms with van der Waals surface area (Å²) in [6.07, 6.45) is 0. The highest BCUT2D eigenvalue weighted by atomic mass is 35.5. The summed E-state index contributed by atoms with van der Waals surface area (Å²) in [5, 5.41) is 37.0. The number of aromatic nitrogens is 3. The van der Waals surface area contributed by atoms with Gasteiger partial charge in [-0.3, -0.25) is 4.55 Å². The molecule has 0 amide bonds. The number of aliphatic hydroxyl groups is 1. The molecule has 22 heteroatoms. The van der Waals surface area contributed by atoms with Crippen molar-refractivity contribution >= 4 is 87.6 Å². The molecule has 1 aromatic heterocycles. The summed E-state index contributed by atoms with van der Waals surface area (Å²) in [7, 11) is -11.4. The van der Waals surface area contributed by atoms with Crippen molar-refractivity contribution in [3.8, 4) is 5.75 Å². The lowest BCUT2D eigenvalue weighted by Gasteiger charge is -2.14. The minimum atomic E-state index is -4.67. The quantitative estimate of drug-likeness (QED) is 0.0554. The van der Waals surface area contributed by atoms with Crippen LogP contribution in [-0.4, -0.2) is 84.6 Å². The highest BCUT2D eigenvalue weighted by molar-refractivity contribution is 7.91. The second-order valence-electron chi connectivity index (χ2n) is 10.5. The maximum Gasteiger partial charge on any atom is 0.425 e. The molecule has 0 spiro atoms. The SMILES string of the molecule is Cc1ccc(N=Nc2ccc3cc(S(=O)(=O)O)cc(Nc4nc(Cl)nc(Nc5ccc(S(=O)(=O)CCNCCO)cc5)n4)c3c2O)cc1.O=S(=O)=O. The molecule has 52 heavy (non-hydrogen) atoms. The Balaban J connectivity index is 0.00000144. The Bertz CT molecular complexity index is 2430. The van der Waals surface area contributed by atoms with Crippen LogP contribution in [0.1, 0.15) is 5.56 Å². The summed E-state index contributed by atoms with van der Waals surface area (Å²) < 4.78 is 84.5. The summed E-state index contributed by atoms with van der Waals surface area (Å²) in [4.78, 5) is 12.0. The number of aromatic hydroxyl groups is 1. The number of rotatable bonds is 13. The first kappa shape index (κ1) is 39.6. The van der Waals surface area contributed by atoms with E-state index in [2.05, 4.69) is 41.1 Å². The van der Waals surface area contributed by atoms with Crippen LogP contribution in [-0.2, 0) is 30.6 Å². The number of halogens is 1. The number of aryl methyl sites for hydroxylation is 1. The predicted octanol–water partition coefficient (Wildman–Crippen LogP) is 4.19. The molecule has 6 N–H and O–H groups in total. The van der Waals surface area contributed by atoms with Crippen molar-refractivity contribution in [1.29, 1.82) is 0 Å². The third-order valence-electron chi connectivity index (χ3n) is 6.81. The van der Waals surface area contributed by atoms with Crippen molar-refractivity contribution in [1.82, 2.24) is 20.3 Å². The highest BCUT2D eigenvalue weighted by Crippen LogP contribution is 2.42. The largest absolute Gasteiger partial charge is 0.505 e. The molecular formula is C30H29ClN8O10S3. The van der Waals surface area contributed by atoms with Gasteiger partial charge in [0.25, 0.3) is 10.1 Å². The van der Waals surface area contributed by atoms with Crippen molar-refractivity contribution in [3.05, 3.63) is 83.6 Å². The van der Waals surface area contributed by atoms with E-state index in [-0.39, 0.29) is 75.4 Å². The van der Waals surface area contributed by atoms with E-state index in [4.69, 9.17) is 29.3 Å². The molecule has 18 nitrogen and oxygen atoms in total. The smallest absolute Gasteiger partial charge is 0.425 e. The maximum atomic E-state index is 12.6. The third kappa shape index (κ3) is 11.2. The van der Waals surface area contributed by atoms with Gasteiger partial charge in [-0.1, -0.05) is 23.8 Å². The molecule has 0 saturated carbocycles. The number of fused-ring (bicyclic) bond motifs is 1. The van der Waals surface area contributed by atoms with E-state index in [1.54, 1.807) is 12.1 Å². The number of nitrogens with one attached hydrogen (secondary N) is 3. The van der Waals surface area contributed by atoms with Crippen LogP contribution in [0.25, 0.3) is 10.8 Å². The van der Waals surface area contributed by atoms with Gasteiger partial charge in [0.05, 0.1) is 33.5 Å². The molecule has 1 heterocycles. The average Bonchev–Trinajstić information content (AvgIpc) is 3.06. The van der Waals surface area contributed by atoms with Crippen LogP contribution in [0.3, 0.4) is 0 Å². The fourth-order valence-electron chi connectivity index (χ4n) is 4.45. The van der Waals surface area contributed by atoms with Crippen molar-refractivity contribution in [2.75, 3.05) is 36.1 Å². The minimum Gasteiger partial charge on any atom is -0.505 e. The average molecular weight is 793 g/mol. The molecule has 0 saturated heterocycles. The number of phenols is 1. The number of hydrogen-bond donors (Lipinski definition) is 6. The molecule has 274 valence electrons. The molecule has 0 fully saturated rings. The third-order valence-corrected chi connectivity index (χ3v) is 9.54. The van der Waals surface area contributed by atoms with Gasteiger partial charge in [0.1, 0.15) is 5.69 Å². The first-order valence-electron chi connectivity index (χ1n) is 14.7. The molecular weight excluding hydrogens is 764 g/mol. The first-order chi connectivity index (χ1) is 24.5. The Morgan fingerprint density at radius 3 is 2.06 bits per heavy atom. The van der Waals surface area contributed by atoms with Gasteiger partial charge < -0.3 is 26.2 Å². The zero-order valence-corrected chi connectivity index (χ0v) is 30.0. The van der Waals surface area contributed by atoms with Gasteiger partial charge in [-0.05, 0) is 78.5 Å². The Morgan fingerprint density at radius 1 is 0.808 bits per heavy atom. The van der Waals surface area contributed by atoms with Crippen LogP contribution in [0, 0.1) is 6.92 Å². The summed E-state index contributed by atoms with van der Waals surface area (Å²) in [6.45, 7) is 2.30. The van der Waals surface area contributed by atoms with Crippen LogP contribution in [0.5, 0.6) is 5.75 Å². The lowest BCUT2D eigenvalue weighted by molar-refractivity contribution is 0.293. The Labute approximate surface area is 303 Å². The van der Waals surface area contributed by atoms with Gasteiger partial charge >= 0.3 is 10.6 Å². The number of anilines is 4. The van der Waals surface area contributed by atoms with Crippen molar-refractivity contribution in [2.24, 2.45) is 10.2 Å². The van der Waals surface area contributed by atoms with E-state index < -0.39 is 35.5 Å². The Morgan fingerprint density at radius 2 is 1.44 bits per heavy atom. The molecule has 0 aliphatic heterocycles. The molecule has 0 aliphatic rings. The number of phenolic OH excluding ortho intramolecular Hbond substituents is 1. The number of aliphatic hydroxyl groups excluding tert-OH is 1. The summed E-state index contributed by atoms with van der Waals surface area (Å²) >= 11 is 6.17. The predicted molar refractivity (Wildman–Crippen MR) is 190 cm³/mol. The van der Waals surface area contributed by atoms with Crippen molar-refractivity contribution < 1.29 is 44.2 Å². The molecule has 0 radical (unpaired) electrons. The van der Waals surface area contributed by atoms with Gasteiger partial charge in [-0.2, -0.15) is 28.5 Å². The molecule has 4 aromatic carbocycles. The van der Waals surface area contributed by atoms with E-state index in [0.29, 0.717) is 11.4 Å². The molecule has 0 atom stereocenters. The number of nitrogens with zero attached hydrogens (tertiary/aromatic N) is 5. The van der Waals surface area contributed by atoms with Gasteiger partial charge in [-0.25, -0.2) is 8.42 Å². The number of hydrogen-bond acceptors (Lipinski definition) is 17. The second-order valence-corrected chi connectivity index (χ2v) is 14.8. The summed E-state index contributed by atoms with van der Waals surface area (Å²) in [5.41, 5.74) is 2.06. The standard InChI is InChI=1S/C30H29ClN8O7S2.O3S/c1-18-2-5-21(6-3-18)38-39-24-11-4-19-16-23(48(44,45)46)17-25(26(19)27(24)41)34-30-36-28(31)35-29(37-30)33-20-7-9-22(10-8-20)47(42,43)15-13-32-12-14-40;1-4(2)3/h2-11,16-17,32,40-41H,12-15H2,1H3,(H,44,45,46)(H2,33,34,35,36,37);. The summed E-state index contributed by atoms with van der Waals surface area (Å²) in [6, 6.07) is 18.3. The highest BCUT2D eigenvalue weighted by Gasteiger charge is 2.19. The van der Waals surface area contributed by atoms with Gasteiger partial charge in [0.2, 0.25) is 17.2 Å². The lowest BCUT2D eigenvalue weighted by Crippen LogP contribution is -2.25. The molecule has 5 rings (SSSR count). The van der Waals surface area contributed by atoms with E-state index in [1.165, 1.54) is 42.5 Å².